The number of anilines is 1. The van der Waals surface area contributed by atoms with Crippen LogP contribution in [0.4, 0.5) is 15.8 Å². The number of benzene rings is 3. The molecular weight excluding hydrogens is 505 g/mol. The van der Waals surface area contributed by atoms with Gasteiger partial charge in [0.05, 0.1) is 11.4 Å². The minimum atomic E-state index is -0.702. The van der Waals surface area contributed by atoms with E-state index >= 15 is 0 Å². The number of fused-ring (bicyclic) bond motifs is 3. The van der Waals surface area contributed by atoms with E-state index < -0.39 is 11.9 Å². The van der Waals surface area contributed by atoms with Crippen LogP contribution in [-0.4, -0.2) is 45.4 Å². The van der Waals surface area contributed by atoms with Crippen molar-refractivity contribution in [2.24, 2.45) is 9.98 Å². The first-order valence-corrected chi connectivity index (χ1v) is 13.1. The van der Waals surface area contributed by atoms with Crippen LogP contribution in [0.25, 0.3) is 0 Å². The molecule has 3 aromatic rings. The lowest BCUT2D eigenvalue weighted by Gasteiger charge is -2.31. The van der Waals surface area contributed by atoms with Gasteiger partial charge in [0.2, 0.25) is 11.8 Å². The molecule has 0 aromatic heterocycles. The molecule has 0 aliphatic carbocycles. The van der Waals surface area contributed by atoms with Crippen LogP contribution in [0.5, 0.6) is 0 Å². The number of thioether (sulfide) groups is 1. The monoisotopic (exact) mass is 529 g/mol. The maximum Gasteiger partial charge on any atom is 0.270 e. The van der Waals surface area contributed by atoms with Gasteiger partial charge < -0.3 is 10.6 Å². The van der Waals surface area contributed by atoms with Crippen LogP contribution in [-0.2, 0) is 20.9 Å². The zero-order valence-electron chi connectivity index (χ0n) is 20.3. The summed E-state index contributed by atoms with van der Waals surface area (Å²) in [4.78, 5) is 48.8. The predicted molar refractivity (Wildman–Crippen MR) is 146 cm³/mol. The molecule has 192 valence electrons. The van der Waals surface area contributed by atoms with Crippen LogP contribution in [0.15, 0.2) is 88.8 Å². The molecule has 5 rings (SSSR count). The van der Waals surface area contributed by atoms with E-state index in [0.29, 0.717) is 28.9 Å². The van der Waals surface area contributed by atoms with Crippen molar-refractivity contribution in [3.63, 3.8) is 0 Å². The molecule has 2 aliphatic rings. The Labute approximate surface area is 223 Å². The van der Waals surface area contributed by atoms with Gasteiger partial charge in [-0.3, -0.25) is 19.3 Å². The van der Waals surface area contributed by atoms with Crippen LogP contribution in [0.3, 0.4) is 0 Å². The lowest BCUT2D eigenvalue weighted by atomic mass is 10.1. The molecule has 1 atom stereocenters. The maximum absolute atomic E-state index is 13.2. The van der Waals surface area contributed by atoms with Gasteiger partial charge in [-0.05, 0) is 48.4 Å². The average molecular weight is 530 g/mol. The van der Waals surface area contributed by atoms with Gasteiger partial charge in [0.1, 0.15) is 17.7 Å². The Morgan fingerprint density at radius 3 is 2.45 bits per heavy atom. The van der Waals surface area contributed by atoms with Crippen molar-refractivity contribution in [1.82, 2.24) is 10.2 Å². The number of aliphatic imine (C=N–C) groups is 2. The van der Waals surface area contributed by atoms with E-state index in [4.69, 9.17) is 4.99 Å². The Bertz CT molecular complexity index is 1430. The van der Waals surface area contributed by atoms with Crippen molar-refractivity contribution >= 4 is 51.9 Å². The number of rotatable bonds is 8. The third-order valence-electron chi connectivity index (χ3n) is 6.05. The number of amides is 3. The molecule has 38 heavy (non-hydrogen) atoms. The largest absolute Gasteiger partial charge is 0.352 e. The lowest BCUT2D eigenvalue weighted by molar-refractivity contribution is -0.122. The Morgan fingerprint density at radius 2 is 1.66 bits per heavy atom. The van der Waals surface area contributed by atoms with E-state index in [0.717, 1.165) is 11.1 Å². The Hall–Kier alpha value is -4.31. The number of hydrogen-bond acceptors (Lipinski definition) is 6. The second-order valence-corrected chi connectivity index (χ2v) is 9.66. The second-order valence-electron chi connectivity index (χ2n) is 8.72. The molecule has 2 heterocycles. The summed E-state index contributed by atoms with van der Waals surface area (Å²) in [5.41, 5.74) is 2.83. The maximum atomic E-state index is 13.2. The van der Waals surface area contributed by atoms with E-state index in [1.54, 1.807) is 4.90 Å². The molecule has 2 N–H and O–H groups in total. The molecule has 0 saturated heterocycles. The molecular formula is C28H24FN5O3S. The summed E-state index contributed by atoms with van der Waals surface area (Å²) in [6, 6.07) is 21.7. The predicted octanol–water partition coefficient (Wildman–Crippen LogP) is 4.25. The highest BCUT2D eigenvalue weighted by molar-refractivity contribution is 8.14. The number of nitrogens with one attached hydrogen (secondary N) is 2. The summed E-state index contributed by atoms with van der Waals surface area (Å²) < 4.78 is 13.2. The number of carbonyl (C=O) groups excluding carboxylic acids is 3. The molecule has 8 nitrogen and oxygen atoms in total. The van der Waals surface area contributed by atoms with Crippen LogP contribution >= 0.6 is 11.8 Å². The second kappa shape index (κ2) is 11.4. The molecule has 3 aromatic carbocycles. The first-order valence-electron chi connectivity index (χ1n) is 12.1. The van der Waals surface area contributed by atoms with Gasteiger partial charge in [0.25, 0.3) is 5.91 Å². The zero-order valence-corrected chi connectivity index (χ0v) is 21.1. The fourth-order valence-electron chi connectivity index (χ4n) is 4.19. The highest BCUT2D eigenvalue weighted by Crippen LogP contribution is 2.35. The number of nitrogens with zero attached hydrogens (tertiary/aromatic N) is 3. The fraction of sp³-hybridized carbons (Fsp3) is 0.179. The summed E-state index contributed by atoms with van der Waals surface area (Å²) in [5, 5.41) is 6.07. The number of amidine groups is 2. The van der Waals surface area contributed by atoms with Crippen molar-refractivity contribution in [3.8, 4) is 0 Å². The molecule has 0 saturated carbocycles. The number of hydrogen-bond donors (Lipinski definition) is 2. The van der Waals surface area contributed by atoms with E-state index in [9.17, 15) is 18.8 Å². The highest BCUT2D eigenvalue weighted by atomic mass is 32.2. The number of para-hydroxylation sites is 1. The van der Waals surface area contributed by atoms with E-state index in [1.165, 1.54) is 36.0 Å². The van der Waals surface area contributed by atoms with Gasteiger partial charge in [-0.15, -0.1) is 0 Å². The Balaban J connectivity index is 1.27. The molecule has 0 spiro atoms. The van der Waals surface area contributed by atoms with E-state index in [1.807, 2.05) is 54.6 Å². The molecule has 10 heteroatoms. The number of carbonyl (C=O) groups is 3. The minimum Gasteiger partial charge on any atom is -0.352 e. The van der Waals surface area contributed by atoms with Crippen LogP contribution < -0.4 is 10.6 Å². The molecule has 0 fully saturated rings. The number of halogens is 1. The van der Waals surface area contributed by atoms with Crippen molar-refractivity contribution in [1.29, 1.82) is 0 Å². The van der Waals surface area contributed by atoms with Gasteiger partial charge in [-0.1, -0.05) is 54.2 Å². The minimum absolute atomic E-state index is 0.0145. The standard InChI is InChI=1S/C28H24FN5O3S/c29-19-10-12-20(13-11-19)31-25(36)17-38-28-32-22-9-5-4-8-21(22)26-33-27(37)23(34(26)28)14-15-24(35)30-16-18-6-2-1-3-7-18/h1-13,23H,14-17H2,(H,30,35)(H,31,36). The highest BCUT2D eigenvalue weighted by Gasteiger charge is 2.41. The molecule has 1 unspecified atom stereocenters. The molecule has 3 amide bonds. The van der Waals surface area contributed by atoms with E-state index in [-0.39, 0.29) is 36.3 Å². The van der Waals surface area contributed by atoms with Crippen molar-refractivity contribution < 1.29 is 18.8 Å². The smallest absolute Gasteiger partial charge is 0.270 e. The lowest BCUT2D eigenvalue weighted by Crippen LogP contribution is -2.44. The van der Waals surface area contributed by atoms with Gasteiger partial charge in [-0.25, -0.2) is 9.38 Å². The first-order chi connectivity index (χ1) is 18.5. The summed E-state index contributed by atoms with van der Waals surface area (Å²) in [7, 11) is 0. The van der Waals surface area contributed by atoms with Gasteiger partial charge in [-0.2, -0.15) is 4.99 Å². The third kappa shape index (κ3) is 5.81. The van der Waals surface area contributed by atoms with Gasteiger partial charge in [0, 0.05) is 24.2 Å². The van der Waals surface area contributed by atoms with E-state index in [2.05, 4.69) is 15.6 Å². The van der Waals surface area contributed by atoms with Crippen molar-refractivity contribution in [3.05, 3.63) is 95.8 Å². The SMILES string of the molecule is O=C(CCC1C(=O)N=C2c3ccccc3N=C(SCC(=O)Nc3ccc(F)cc3)N21)NCc1ccccc1. The van der Waals surface area contributed by atoms with Gasteiger partial charge in [0.15, 0.2) is 5.17 Å². The quantitative estimate of drug-likeness (QED) is 0.454. The summed E-state index contributed by atoms with van der Waals surface area (Å²) in [5.74, 6) is -0.728. The summed E-state index contributed by atoms with van der Waals surface area (Å²) in [6.07, 6.45) is 0.378. The first kappa shape index (κ1) is 25.3. The Morgan fingerprint density at radius 1 is 0.921 bits per heavy atom. The molecule has 0 radical (unpaired) electrons. The Kier molecular flexibility index (Phi) is 7.60. The fourth-order valence-corrected chi connectivity index (χ4v) is 5.04. The molecule has 2 aliphatic heterocycles. The third-order valence-corrected chi connectivity index (χ3v) is 7.00. The topological polar surface area (TPSA) is 103 Å². The van der Waals surface area contributed by atoms with Gasteiger partial charge >= 0.3 is 0 Å². The summed E-state index contributed by atoms with van der Waals surface area (Å²) >= 11 is 1.17. The van der Waals surface area contributed by atoms with Crippen LogP contribution in [0.1, 0.15) is 24.0 Å². The summed E-state index contributed by atoms with van der Waals surface area (Å²) in [6.45, 7) is 0.406. The van der Waals surface area contributed by atoms with Crippen LogP contribution in [0.2, 0.25) is 0 Å². The normalized spacial score (nSPS) is 15.8. The van der Waals surface area contributed by atoms with Crippen molar-refractivity contribution in [2.45, 2.75) is 25.4 Å². The zero-order chi connectivity index (χ0) is 26.5. The van der Waals surface area contributed by atoms with Crippen molar-refractivity contribution in [2.75, 3.05) is 11.1 Å². The average Bonchev–Trinajstić information content (AvgIpc) is 3.27. The molecule has 0 bridgehead atoms. The van der Waals surface area contributed by atoms with Crippen LogP contribution in [0, 0.1) is 5.82 Å².